The molecule has 1 saturated heterocycles. The molecule has 7 nitrogen and oxygen atoms in total. The maximum absolute atomic E-state index is 12.3. The van der Waals surface area contributed by atoms with Crippen molar-refractivity contribution in [2.24, 2.45) is 0 Å². The highest BCUT2D eigenvalue weighted by atomic mass is 32.2. The van der Waals surface area contributed by atoms with E-state index in [-0.39, 0.29) is 11.1 Å². The van der Waals surface area contributed by atoms with Crippen LogP contribution < -0.4 is 19.3 Å². The Morgan fingerprint density at radius 3 is 2.83 bits per heavy atom. The second-order valence-electron chi connectivity index (χ2n) is 4.59. The monoisotopic (exact) mass is 352 g/mol. The van der Waals surface area contributed by atoms with E-state index in [0.717, 1.165) is 16.7 Å². The number of methoxy groups -OCH3 is 1. The number of nitrogens with zero attached hydrogens (tertiary/aromatic N) is 1. The number of ether oxygens (including phenoxy) is 3. The third-order valence-electron chi connectivity index (χ3n) is 3.17. The first kappa shape index (κ1) is 15.6. The fourth-order valence-electron chi connectivity index (χ4n) is 2.14. The molecule has 2 heterocycles. The van der Waals surface area contributed by atoms with Crippen molar-refractivity contribution in [3.05, 3.63) is 22.6 Å². The summed E-state index contributed by atoms with van der Waals surface area (Å²) < 4.78 is 16.0. The summed E-state index contributed by atoms with van der Waals surface area (Å²) in [7, 11) is 1.50. The quantitative estimate of drug-likeness (QED) is 0.567. The van der Waals surface area contributed by atoms with Gasteiger partial charge in [0.2, 0.25) is 6.79 Å². The van der Waals surface area contributed by atoms with Crippen molar-refractivity contribution < 1.29 is 28.9 Å². The summed E-state index contributed by atoms with van der Waals surface area (Å²) >= 11 is 6.05. The molecule has 0 aliphatic carbocycles. The molecular formula is C14H10NO6S2-. The van der Waals surface area contributed by atoms with Crippen molar-refractivity contribution in [1.29, 1.82) is 0 Å². The van der Waals surface area contributed by atoms with Gasteiger partial charge < -0.3 is 24.1 Å². The molecule has 9 heteroatoms. The molecule has 1 aromatic rings. The molecule has 3 rings (SSSR count). The lowest BCUT2D eigenvalue weighted by Crippen LogP contribution is -2.40. The fraction of sp³-hybridized carbons (Fsp3) is 0.214. The van der Waals surface area contributed by atoms with E-state index in [1.165, 1.54) is 7.11 Å². The number of carboxylic acid groups (broad SMARTS) is 1. The minimum Gasteiger partial charge on any atom is -0.548 e. The number of fused-ring (bicyclic) bond motifs is 1. The molecular weight excluding hydrogens is 342 g/mol. The van der Waals surface area contributed by atoms with E-state index in [9.17, 15) is 14.7 Å². The van der Waals surface area contributed by atoms with Crippen molar-refractivity contribution in [3.8, 4) is 17.2 Å². The second kappa shape index (κ2) is 6.09. The summed E-state index contributed by atoms with van der Waals surface area (Å²) in [5.41, 5.74) is 0.603. The molecule has 120 valence electrons. The highest BCUT2D eigenvalue weighted by molar-refractivity contribution is 8.26. The second-order valence-corrected chi connectivity index (χ2v) is 6.26. The SMILES string of the molecule is COc1cc2c(cc1/C=C1\SC(=S)N(CC(=O)[O-])C1=O)OCO2. The lowest BCUT2D eigenvalue weighted by Gasteiger charge is -2.14. The van der Waals surface area contributed by atoms with E-state index in [2.05, 4.69) is 0 Å². The lowest BCUT2D eigenvalue weighted by molar-refractivity contribution is -0.305. The molecule has 0 radical (unpaired) electrons. The zero-order valence-corrected chi connectivity index (χ0v) is 13.5. The molecule has 0 N–H and O–H groups in total. The van der Waals surface area contributed by atoms with E-state index in [1.54, 1.807) is 18.2 Å². The lowest BCUT2D eigenvalue weighted by atomic mass is 10.1. The standard InChI is InChI=1S/C14H11NO6S2/c1-19-8-4-10-9(20-6-21-10)2-7(8)3-11-13(18)15(5-12(16)17)14(22)23-11/h2-4H,5-6H2,1H3,(H,16,17)/p-1/b11-3-. The number of carboxylic acids is 1. The Hall–Kier alpha value is -2.26. The van der Waals surface area contributed by atoms with Crippen LogP contribution in [0.3, 0.4) is 0 Å². The Morgan fingerprint density at radius 1 is 1.48 bits per heavy atom. The van der Waals surface area contributed by atoms with Crippen LogP contribution in [0.1, 0.15) is 5.56 Å². The van der Waals surface area contributed by atoms with E-state index in [4.69, 9.17) is 26.4 Å². The van der Waals surface area contributed by atoms with E-state index < -0.39 is 18.4 Å². The topological polar surface area (TPSA) is 88.1 Å². The molecule has 1 fully saturated rings. The highest BCUT2D eigenvalue weighted by Crippen LogP contribution is 2.40. The first-order valence-electron chi connectivity index (χ1n) is 6.42. The molecule has 23 heavy (non-hydrogen) atoms. The Labute approximate surface area is 140 Å². The number of thiocarbonyl (C=S) groups is 1. The summed E-state index contributed by atoms with van der Waals surface area (Å²) in [6.45, 7) is -0.448. The van der Waals surface area contributed by atoms with Gasteiger partial charge in [-0.15, -0.1) is 0 Å². The van der Waals surface area contributed by atoms with Gasteiger partial charge in [-0.3, -0.25) is 9.69 Å². The maximum Gasteiger partial charge on any atom is 0.266 e. The van der Waals surface area contributed by atoms with Gasteiger partial charge in [-0.1, -0.05) is 24.0 Å². The summed E-state index contributed by atoms with van der Waals surface area (Å²) in [6.07, 6.45) is 1.58. The van der Waals surface area contributed by atoms with Gasteiger partial charge in [0.15, 0.2) is 11.5 Å². The molecule has 2 aliphatic rings. The summed E-state index contributed by atoms with van der Waals surface area (Å²) in [6, 6.07) is 3.35. The van der Waals surface area contributed by atoms with Crippen LogP contribution in [0.2, 0.25) is 0 Å². The number of hydrogen-bond acceptors (Lipinski definition) is 8. The van der Waals surface area contributed by atoms with Crippen LogP contribution in [0.15, 0.2) is 17.0 Å². The van der Waals surface area contributed by atoms with Crippen LogP contribution in [-0.2, 0) is 9.59 Å². The number of hydrogen-bond donors (Lipinski definition) is 0. The Morgan fingerprint density at radius 2 is 2.17 bits per heavy atom. The van der Waals surface area contributed by atoms with Crippen molar-refractivity contribution in [1.82, 2.24) is 4.90 Å². The van der Waals surface area contributed by atoms with E-state index >= 15 is 0 Å². The molecule has 1 amide bonds. The van der Waals surface area contributed by atoms with Crippen molar-refractivity contribution >= 4 is 46.3 Å². The predicted octanol–water partition coefficient (Wildman–Crippen LogP) is 0.375. The van der Waals surface area contributed by atoms with Crippen LogP contribution >= 0.6 is 24.0 Å². The number of amides is 1. The summed E-state index contributed by atoms with van der Waals surface area (Å²) in [5.74, 6) is -0.252. The third kappa shape index (κ3) is 2.97. The van der Waals surface area contributed by atoms with E-state index in [0.29, 0.717) is 27.7 Å². The van der Waals surface area contributed by atoms with Crippen LogP contribution in [0.4, 0.5) is 0 Å². The van der Waals surface area contributed by atoms with Crippen LogP contribution in [0, 0.1) is 0 Å². The first-order chi connectivity index (χ1) is 11.0. The van der Waals surface area contributed by atoms with Crippen LogP contribution in [0.5, 0.6) is 17.2 Å². The maximum atomic E-state index is 12.3. The molecule has 0 unspecified atom stereocenters. The highest BCUT2D eigenvalue weighted by Gasteiger charge is 2.32. The van der Waals surface area contributed by atoms with Gasteiger partial charge in [0.25, 0.3) is 5.91 Å². The van der Waals surface area contributed by atoms with Gasteiger partial charge in [-0.2, -0.15) is 0 Å². The summed E-state index contributed by atoms with van der Waals surface area (Å²) in [5, 5.41) is 10.7. The molecule has 0 aromatic heterocycles. The number of benzene rings is 1. The van der Waals surface area contributed by atoms with Crippen LogP contribution in [0.25, 0.3) is 6.08 Å². The molecule has 0 bridgehead atoms. The average Bonchev–Trinajstić information content (AvgIpc) is 3.06. The number of carbonyl (C=O) groups is 2. The van der Waals surface area contributed by atoms with E-state index in [1.807, 2.05) is 0 Å². The zero-order valence-electron chi connectivity index (χ0n) is 11.9. The molecule has 0 atom stereocenters. The Kier molecular flexibility index (Phi) is 4.14. The molecule has 1 aromatic carbocycles. The van der Waals surface area contributed by atoms with Gasteiger partial charge in [0.1, 0.15) is 10.1 Å². The van der Waals surface area contributed by atoms with Gasteiger partial charge >= 0.3 is 0 Å². The average molecular weight is 352 g/mol. The zero-order chi connectivity index (χ0) is 16.6. The third-order valence-corrected chi connectivity index (χ3v) is 4.55. The minimum atomic E-state index is -1.37. The number of carbonyl (C=O) groups excluding carboxylic acids is 2. The first-order valence-corrected chi connectivity index (χ1v) is 7.65. The predicted molar refractivity (Wildman–Crippen MR) is 84.0 cm³/mol. The van der Waals surface area contributed by atoms with Gasteiger partial charge in [-0.25, -0.2) is 0 Å². The Balaban J connectivity index is 1.94. The van der Waals surface area contributed by atoms with Gasteiger partial charge in [0, 0.05) is 11.6 Å². The Bertz CT molecular complexity index is 745. The van der Waals surface area contributed by atoms with Crippen LogP contribution in [-0.4, -0.2) is 41.5 Å². The van der Waals surface area contributed by atoms with Crippen molar-refractivity contribution in [2.45, 2.75) is 0 Å². The van der Waals surface area contributed by atoms with Gasteiger partial charge in [0.05, 0.1) is 24.5 Å². The summed E-state index contributed by atoms with van der Waals surface area (Å²) in [4.78, 5) is 24.2. The number of rotatable bonds is 4. The molecule has 2 aliphatic heterocycles. The molecule has 0 spiro atoms. The number of aliphatic carboxylic acids is 1. The molecule has 0 saturated carbocycles. The van der Waals surface area contributed by atoms with Gasteiger partial charge in [-0.05, 0) is 12.1 Å². The van der Waals surface area contributed by atoms with Crippen molar-refractivity contribution in [3.63, 3.8) is 0 Å². The number of thioether (sulfide) groups is 1. The largest absolute Gasteiger partial charge is 0.548 e. The smallest absolute Gasteiger partial charge is 0.266 e. The fourth-order valence-corrected chi connectivity index (χ4v) is 3.38. The minimum absolute atomic E-state index is 0.121. The van der Waals surface area contributed by atoms with Crippen molar-refractivity contribution in [2.75, 3.05) is 20.4 Å². The normalized spacial score (nSPS) is 18.0.